The third-order valence-corrected chi connectivity index (χ3v) is 5.13. The summed E-state index contributed by atoms with van der Waals surface area (Å²) in [5.74, 6) is 3.91. The highest BCUT2D eigenvalue weighted by Crippen LogP contribution is 2.42. The Bertz CT molecular complexity index is 214. The van der Waals surface area contributed by atoms with Crippen LogP contribution < -0.4 is 5.32 Å². The van der Waals surface area contributed by atoms with Crippen molar-refractivity contribution in [3.8, 4) is 0 Å². The molecule has 2 aliphatic rings. The van der Waals surface area contributed by atoms with Gasteiger partial charge in [-0.3, -0.25) is 0 Å². The molecule has 0 heterocycles. The Morgan fingerprint density at radius 1 is 1.00 bits per heavy atom. The molecular weight excluding hydrogens is 206 g/mol. The molecule has 0 radical (unpaired) electrons. The van der Waals surface area contributed by atoms with E-state index in [9.17, 15) is 0 Å². The van der Waals surface area contributed by atoms with Crippen LogP contribution in [0.4, 0.5) is 0 Å². The lowest BCUT2D eigenvalue weighted by Crippen LogP contribution is -2.43. The highest BCUT2D eigenvalue weighted by Gasteiger charge is 2.37. The van der Waals surface area contributed by atoms with Gasteiger partial charge in [0.2, 0.25) is 0 Å². The predicted molar refractivity (Wildman–Crippen MR) is 75.1 cm³/mol. The fourth-order valence-corrected chi connectivity index (χ4v) is 3.65. The maximum Gasteiger partial charge on any atom is 0.0124 e. The van der Waals surface area contributed by atoms with Crippen LogP contribution >= 0.6 is 0 Å². The van der Waals surface area contributed by atoms with E-state index in [-0.39, 0.29) is 0 Å². The van der Waals surface area contributed by atoms with Crippen molar-refractivity contribution in [2.75, 3.05) is 6.54 Å². The van der Waals surface area contributed by atoms with Gasteiger partial charge in [-0.05, 0) is 62.3 Å². The van der Waals surface area contributed by atoms with Gasteiger partial charge in [-0.1, -0.05) is 33.6 Å². The minimum absolute atomic E-state index is 0.815. The van der Waals surface area contributed by atoms with Crippen LogP contribution in [0.1, 0.15) is 65.7 Å². The van der Waals surface area contributed by atoms with Gasteiger partial charge >= 0.3 is 0 Å². The van der Waals surface area contributed by atoms with Crippen molar-refractivity contribution in [1.29, 1.82) is 0 Å². The number of rotatable bonds is 6. The van der Waals surface area contributed by atoms with Gasteiger partial charge in [-0.2, -0.15) is 0 Å². The largest absolute Gasteiger partial charge is 0.313 e. The summed E-state index contributed by atoms with van der Waals surface area (Å²) in [4.78, 5) is 0. The van der Waals surface area contributed by atoms with Crippen LogP contribution in [0, 0.1) is 23.7 Å². The van der Waals surface area contributed by atoms with Gasteiger partial charge in [0.05, 0.1) is 0 Å². The van der Waals surface area contributed by atoms with Crippen LogP contribution in [0.25, 0.3) is 0 Å². The van der Waals surface area contributed by atoms with Gasteiger partial charge in [0.15, 0.2) is 0 Å². The van der Waals surface area contributed by atoms with Crippen LogP contribution in [0.3, 0.4) is 0 Å². The highest BCUT2D eigenvalue weighted by molar-refractivity contribution is 4.91. The molecule has 100 valence electrons. The van der Waals surface area contributed by atoms with Crippen molar-refractivity contribution in [1.82, 2.24) is 5.32 Å². The molecule has 0 bridgehead atoms. The van der Waals surface area contributed by atoms with E-state index in [1.807, 2.05) is 0 Å². The molecule has 2 rings (SSSR count). The quantitative estimate of drug-likeness (QED) is 0.729. The number of hydrogen-bond acceptors (Lipinski definition) is 1. The van der Waals surface area contributed by atoms with Gasteiger partial charge in [0.1, 0.15) is 0 Å². The van der Waals surface area contributed by atoms with Gasteiger partial charge in [0, 0.05) is 6.04 Å². The summed E-state index contributed by atoms with van der Waals surface area (Å²) >= 11 is 0. The molecule has 1 nitrogen and oxygen atoms in total. The predicted octanol–water partition coefficient (Wildman–Crippen LogP) is 4.23. The molecule has 2 atom stereocenters. The van der Waals surface area contributed by atoms with Gasteiger partial charge in [-0.15, -0.1) is 0 Å². The molecule has 0 aromatic heterocycles. The minimum atomic E-state index is 0.815. The fraction of sp³-hybridized carbons (Fsp3) is 1.00. The Hall–Kier alpha value is -0.0400. The molecule has 0 saturated heterocycles. The molecule has 0 amide bonds. The molecule has 1 N–H and O–H groups in total. The second kappa shape index (κ2) is 6.22. The molecule has 1 heteroatoms. The normalized spacial score (nSPS) is 33.4. The van der Waals surface area contributed by atoms with Gasteiger partial charge in [0.25, 0.3) is 0 Å². The number of hydrogen-bond donors (Lipinski definition) is 1. The van der Waals surface area contributed by atoms with Crippen LogP contribution in [0.5, 0.6) is 0 Å². The standard InChI is InChI=1S/C16H31N/c1-4-11-17-16(13(3)14-9-10-14)15-7-5-12(2)6-8-15/h12-17H,4-11H2,1-3H3. The van der Waals surface area contributed by atoms with E-state index in [1.165, 1.54) is 51.5 Å². The lowest BCUT2D eigenvalue weighted by molar-refractivity contribution is 0.179. The maximum absolute atomic E-state index is 3.88. The zero-order chi connectivity index (χ0) is 12.3. The smallest absolute Gasteiger partial charge is 0.0124 e. The summed E-state index contributed by atoms with van der Waals surface area (Å²) < 4.78 is 0. The highest BCUT2D eigenvalue weighted by atomic mass is 14.9. The molecule has 0 aromatic rings. The second-order valence-corrected chi connectivity index (χ2v) is 6.70. The monoisotopic (exact) mass is 237 g/mol. The van der Waals surface area contributed by atoms with Crippen molar-refractivity contribution in [2.24, 2.45) is 23.7 Å². The molecule has 2 aliphatic carbocycles. The Kier molecular flexibility index (Phi) is 4.90. The minimum Gasteiger partial charge on any atom is -0.313 e. The van der Waals surface area contributed by atoms with Crippen LogP contribution in [-0.4, -0.2) is 12.6 Å². The molecule has 0 spiro atoms. The summed E-state index contributed by atoms with van der Waals surface area (Å²) in [6, 6.07) is 0.815. The zero-order valence-corrected chi connectivity index (χ0v) is 12.0. The third-order valence-electron chi connectivity index (χ3n) is 5.13. The first-order valence-corrected chi connectivity index (χ1v) is 7.95. The lowest BCUT2D eigenvalue weighted by atomic mass is 9.75. The van der Waals surface area contributed by atoms with Crippen LogP contribution in [-0.2, 0) is 0 Å². The maximum atomic E-state index is 3.88. The molecule has 2 unspecified atom stereocenters. The fourth-order valence-electron chi connectivity index (χ4n) is 3.65. The summed E-state index contributed by atoms with van der Waals surface area (Å²) in [5, 5.41) is 3.88. The Morgan fingerprint density at radius 2 is 1.59 bits per heavy atom. The average Bonchev–Trinajstić information content (AvgIpc) is 3.15. The molecule has 0 aliphatic heterocycles. The van der Waals surface area contributed by atoms with E-state index in [1.54, 1.807) is 0 Å². The van der Waals surface area contributed by atoms with E-state index in [2.05, 4.69) is 26.1 Å². The Labute approximate surface area is 108 Å². The first-order valence-electron chi connectivity index (χ1n) is 7.95. The second-order valence-electron chi connectivity index (χ2n) is 6.70. The molecule has 2 fully saturated rings. The lowest BCUT2D eigenvalue weighted by Gasteiger charge is -2.37. The van der Waals surface area contributed by atoms with Crippen molar-refractivity contribution < 1.29 is 0 Å². The zero-order valence-electron chi connectivity index (χ0n) is 12.0. The first-order chi connectivity index (χ1) is 8.22. The van der Waals surface area contributed by atoms with Gasteiger partial charge in [-0.25, -0.2) is 0 Å². The SMILES string of the molecule is CCCNC(C1CCC(C)CC1)C(C)C1CC1. The van der Waals surface area contributed by atoms with E-state index < -0.39 is 0 Å². The molecule has 17 heavy (non-hydrogen) atoms. The van der Waals surface area contributed by atoms with Crippen molar-refractivity contribution in [3.05, 3.63) is 0 Å². The topological polar surface area (TPSA) is 12.0 Å². The molecular formula is C16H31N. The number of nitrogens with one attached hydrogen (secondary N) is 1. The van der Waals surface area contributed by atoms with Gasteiger partial charge < -0.3 is 5.32 Å². The Morgan fingerprint density at radius 3 is 2.12 bits per heavy atom. The summed E-state index contributed by atoms with van der Waals surface area (Å²) in [6.07, 6.45) is 10.1. The summed E-state index contributed by atoms with van der Waals surface area (Å²) in [6.45, 7) is 8.43. The molecule has 2 saturated carbocycles. The van der Waals surface area contributed by atoms with Crippen LogP contribution in [0.15, 0.2) is 0 Å². The average molecular weight is 237 g/mol. The summed E-state index contributed by atoms with van der Waals surface area (Å²) in [7, 11) is 0. The summed E-state index contributed by atoms with van der Waals surface area (Å²) in [5.41, 5.74) is 0. The van der Waals surface area contributed by atoms with E-state index in [0.717, 1.165) is 29.7 Å². The third kappa shape index (κ3) is 3.71. The van der Waals surface area contributed by atoms with Crippen molar-refractivity contribution >= 4 is 0 Å². The van der Waals surface area contributed by atoms with Crippen LogP contribution in [0.2, 0.25) is 0 Å². The molecule has 0 aromatic carbocycles. The van der Waals surface area contributed by atoms with E-state index in [4.69, 9.17) is 0 Å². The van der Waals surface area contributed by atoms with Crippen molar-refractivity contribution in [2.45, 2.75) is 71.8 Å². The first kappa shape index (κ1) is 13.4. The van der Waals surface area contributed by atoms with Crippen molar-refractivity contribution in [3.63, 3.8) is 0 Å². The van der Waals surface area contributed by atoms with E-state index in [0.29, 0.717) is 0 Å². The Balaban J connectivity index is 1.88. The van der Waals surface area contributed by atoms with E-state index >= 15 is 0 Å².